The van der Waals surface area contributed by atoms with Crippen LogP contribution in [-0.2, 0) is 5.41 Å². The first kappa shape index (κ1) is 14.4. The van der Waals surface area contributed by atoms with E-state index >= 15 is 0 Å². The summed E-state index contributed by atoms with van der Waals surface area (Å²) >= 11 is 6.85. The Morgan fingerprint density at radius 2 is 1.64 bits per heavy atom. The van der Waals surface area contributed by atoms with E-state index in [2.05, 4.69) is 36.4 Å². The van der Waals surface area contributed by atoms with Gasteiger partial charge >= 0.3 is 0 Å². The lowest BCUT2D eigenvalue weighted by atomic mass is 9.43. The van der Waals surface area contributed by atoms with Crippen LogP contribution in [0.1, 0.15) is 48.8 Å². The number of hydrogen-bond acceptors (Lipinski definition) is 1. The van der Waals surface area contributed by atoms with Gasteiger partial charge in [-0.05, 0) is 96.2 Å². The largest absolute Gasteiger partial charge is 0.192 e. The van der Waals surface area contributed by atoms with Crippen LogP contribution in [0.5, 0.6) is 0 Å². The van der Waals surface area contributed by atoms with Gasteiger partial charge < -0.3 is 0 Å². The van der Waals surface area contributed by atoms with Crippen molar-refractivity contribution in [1.29, 1.82) is 5.26 Å². The van der Waals surface area contributed by atoms with Gasteiger partial charge in [0.05, 0.1) is 11.6 Å². The topological polar surface area (TPSA) is 23.8 Å². The molecule has 0 unspecified atom stereocenters. The van der Waals surface area contributed by atoms with Gasteiger partial charge in [-0.1, -0.05) is 29.8 Å². The maximum atomic E-state index is 9.50. The molecule has 2 aromatic rings. The van der Waals surface area contributed by atoms with E-state index in [-0.39, 0.29) is 5.41 Å². The van der Waals surface area contributed by atoms with Crippen LogP contribution in [0.2, 0.25) is 5.02 Å². The molecule has 0 radical (unpaired) electrons. The van der Waals surface area contributed by atoms with Crippen LogP contribution >= 0.6 is 11.6 Å². The first-order valence-electron chi connectivity index (χ1n) is 9.55. The van der Waals surface area contributed by atoms with Crippen molar-refractivity contribution in [3.05, 3.63) is 58.1 Å². The maximum absolute atomic E-state index is 9.50. The van der Waals surface area contributed by atoms with Gasteiger partial charge in [-0.3, -0.25) is 0 Å². The average Bonchev–Trinajstić information content (AvgIpc) is 2.91. The van der Waals surface area contributed by atoms with Gasteiger partial charge in [0.2, 0.25) is 0 Å². The van der Waals surface area contributed by atoms with Gasteiger partial charge in [-0.2, -0.15) is 5.26 Å². The molecule has 1 spiro atoms. The fourth-order valence-electron chi connectivity index (χ4n) is 7.27. The van der Waals surface area contributed by atoms with E-state index in [0.717, 1.165) is 22.4 Å². The van der Waals surface area contributed by atoms with E-state index in [0.29, 0.717) is 11.8 Å². The van der Waals surface area contributed by atoms with Crippen molar-refractivity contribution in [3.8, 4) is 17.2 Å². The van der Waals surface area contributed by atoms with Gasteiger partial charge in [0.25, 0.3) is 0 Å². The molecule has 4 bridgehead atoms. The Hall–Kier alpha value is -1.78. The number of benzene rings is 2. The van der Waals surface area contributed by atoms with Crippen molar-refractivity contribution in [2.45, 2.75) is 37.5 Å². The van der Waals surface area contributed by atoms with E-state index < -0.39 is 0 Å². The average molecular weight is 346 g/mol. The molecule has 7 rings (SSSR count). The van der Waals surface area contributed by atoms with Crippen molar-refractivity contribution in [3.63, 3.8) is 0 Å². The molecule has 0 aromatic heterocycles. The van der Waals surface area contributed by atoms with Crippen LogP contribution in [0.3, 0.4) is 0 Å². The summed E-state index contributed by atoms with van der Waals surface area (Å²) in [6, 6.07) is 15.1. The molecule has 5 aliphatic carbocycles. The molecule has 124 valence electrons. The van der Waals surface area contributed by atoms with Gasteiger partial charge in [0, 0.05) is 10.4 Å². The van der Waals surface area contributed by atoms with Gasteiger partial charge in [-0.25, -0.2) is 0 Å². The molecule has 2 aromatic carbocycles. The Balaban J connectivity index is 1.71. The molecular weight excluding hydrogens is 326 g/mol. The highest BCUT2D eigenvalue weighted by molar-refractivity contribution is 6.32. The fourth-order valence-corrected chi connectivity index (χ4v) is 7.60. The molecule has 0 saturated heterocycles. The summed E-state index contributed by atoms with van der Waals surface area (Å²) in [6.07, 6.45) is 6.81. The lowest BCUT2D eigenvalue weighted by molar-refractivity contribution is -0.0399. The smallest absolute Gasteiger partial charge is 0.0991 e. The van der Waals surface area contributed by atoms with E-state index in [1.807, 2.05) is 6.07 Å². The molecular formula is C23H20ClN. The van der Waals surface area contributed by atoms with Gasteiger partial charge in [0.1, 0.15) is 0 Å². The number of rotatable bonds is 0. The predicted octanol–water partition coefficient (Wildman–Crippen LogP) is 5.93. The van der Waals surface area contributed by atoms with Crippen molar-refractivity contribution in [2.24, 2.45) is 23.7 Å². The zero-order valence-corrected chi connectivity index (χ0v) is 14.9. The third kappa shape index (κ3) is 1.61. The molecule has 2 heteroatoms. The Labute approximate surface area is 153 Å². The molecule has 4 fully saturated rings. The van der Waals surface area contributed by atoms with Crippen molar-refractivity contribution < 1.29 is 0 Å². The summed E-state index contributed by atoms with van der Waals surface area (Å²) in [4.78, 5) is 0. The number of halogens is 1. The molecule has 0 amide bonds. The predicted molar refractivity (Wildman–Crippen MR) is 99.4 cm³/mol. The highest BCUT2D eigenvalue weighted by atomic mass is 35.5. The normalized spacial score (nSPS) is 36.3. The second-order valence-electron chi connectivity index (χ2n) is 8.71. The molecule has 0 heterocycles. The van der Waals surface area contributed by atoms with E-state index in [4.69, 9.17) is 11.6 Å². The second kappa shape index (κ2) is 4.68. The summed E-state index contributed by atoms with van der Waals surface area (Å²) < 4.78 is 0. The molecule has 0 N–H and O–H groups in total. The Kier molecular flexibility index (Phi) is 2.70. The summed E-state index contributed by atoms with van der Waals surface area (Å²) in [6.45, 7) is 0. The van der Waals surface area contributed by atoms with Crippen LogP contribution in [0.15, 0.2) is 36.4 Å². The number of hydrogen-bond donors (Lipinski definition) is 0. The highest BCUT2D eigenvalue weighted by Gasteiger charge is 2.62. The molecule has 25 heavy (non-hydrogen) atoms. The zero-order chi connectivity index (χ0) is 16.8. The minimum atomic E-state index is 0.0588. The quantitative estimate of drug-likeness (QED) is 0.580. The zero-order valence-electron chi connectivity index (χ0n) is 14.1. The monoisotopic (exact) mass is 345 g/mol. The Bertz CT molecular complexity index is 923. The van der Waals surface area contributed by atoms with E-state index in [1.165, 1.54) is 54.4 Å². The maximum Gasteiger partial charge on any atom is 0.0991 e. The van der Waals surface area contributed by atoms with Crippen LogP contribution in [-0.4, -0.2) is 0 Å². The molecule has 4 saturated carbocycles. The Morgan fingerprint density at radius 3 is 2.32 bits per heavy atom. The molecule has 0 aliphatic heterocycles. The van der Waals surface area contributed by atoms with Crippen LogP contribution < -0.4 is 0 Å². The fraction of sp³-hybridized carbons (Fsp3) is 0.435. The molecule has 1 nitrogen and oxygen atoms in total. The minimum Gasteiger partial charge on any atom is -0.192 e. The SMILES string of the molecule is N#Cc1ccc2c(c1)C1(c3c(Cl)cccc3-2)C2CC3CC(C2)CC1C3. The second-order valence-corrected chi connectivity index (χ2v) is 9.12. The van der Waals surface area contributed by atoms with Crippen molar-refractivity contribution in [2.75, 3.05) is 0 Å². The highest BCUT2D eigenvalue weighted by Crippen LogP contribution is 2.70. The standard InChI is InChI=1S/C23H20ClN/c24-21-3-1-2-19-18-5-4-13(12-25)11-20(18)23(22(19)21)16-7-14-6-15(9-16)10-17(23)8-14/h1-5,11,14-17H,6-10H2. The molecule has 5 aliphatic rings. The first-order chi connectivity index (χ1) is 12.2. The third-order valence-corrected chi connectivity index (χ3v) is 8.05. The summed E-state index contributed by atoms with van der Waals surface area (Å²) in [5.74, 6) is 3.22. The van der Waals surface area contributed by atoms with Crippen LogP contribution in [0.4, 0.5) is 0 Å². The summed E-state index contributed by atoms with van der Waals surface area (Å²) in [5.41, 5.74) is 6.28. The minimum absolute atomic E-state index is 0.0588. The van der Waals surface area contributed by atoms with Gasteiger partial charge in [-0.15, -0.1) is 0 Å². The first-order valence-corrected chi connectivity index (χ1v) is 9.93. The Morgan fingerprint density at radius 1 is 0.920 bits per heavy atom. The van der Waals surface area contributed by atoms with Crippen LogP contribution in [0, 0.1) is 35.0 Å². The molecule has 0 atom stereocenters. The lowest BCUT2D eigenvalue weighted by Gasteiger charge is -2.61. The van der Waals surface area contributed by atoms with E-state index in [1.54, 1.807) is 0 Å². The van der Waals surface area contributed by atoms with Crippen molar-refractivity contribution >= 4 is 11.6 Å². The summed E-state index contributed by atoms with van der Waals surface area (Å²) in [7, 11) is 0. The number of fused-ring (bicyclic) bond motifs is 3. The third-order valence-electron chi connectivity index (χ3n) is 7.74. The van der Waals surface area contributed by atoms with Crippen molar-refractivity contribution in [1.82, 2.24) is 0 Å². The number of nitrogens with zero attached hydrogens (tertiary/aromatic N) is 1. The summed E-state index contributed by atoms with van der Waals surface area (Å²) in [5, 5.41) is 10.4. The lowest BCUT2D eigenvalue weighted by Crippen LogP contribution is -2.55. The van der Waals surface area contributed by atoms with Crippen LogP contribution in [0.25, 0.3) is 11.1 Å². The van der Waals surface area contributed by atoms with E-state index in [9.17, 15) is 5.26 Å². The van der Waals surface area contributed by atoms with Gasteiger partial charge in [0.15, 0.2) is 0 Å². The number of nitriles is 1.